The molecule has 0 amide bonds. The Balaban J connectivity index is 1.88. The summed E-state index contributed by atoms with van der Waals surface area (Å²) in [5.74, 6) is 0.820. The van der Waals surface area contributed by atoms with Gasteiger partial charge < -0.3 is 10.5 Å². The van der Waals surface area contributed by atoms with Crippen LogP contribution in [0.25, 0.3) is 0 Å². The average Bonchev–Trinajstić information content (AvgIpc) is 2.88. The minimum Gasteiger partial charge on any atom is -0.492 e. The maximum atomic E-state index is 6.06. The number of benzene rings is 1. The predicted octanol–water partition coefficient (Wildman–Crippen LogP) is 2.03. The first-order chi connectivity index (χ1) is 9.22. The van der Waals surface area contributed by atoms with Crippen LogP contribution in [0.15, 0.2) is 24.4 Å². The number of halogens is 1. The fourth-order valence-corrected chi connectivity index (χ4v) is 1.96. The van der Waals surface area contributed by atoms with E-state index in [0.717, 1.165) is 28.5 Å². The van der Waals surface area contributed by atoms with Crippen molar-refractivity contribution in [2.24, 2.45) is 5.73 Å². The van der Waals surface area contributed by atoms with Gasteiger partial charge in [0.05, 0.1) is 12.2 Å². The van der Waals surface area contributed by atoms with Crippen molar-refractivity contribution in [3.63, 3.8) is 0 Å². The summed E-state index contributed by atoms with van der Waals surface area (Å²) in [6, 6.07) is 5.70. The highest BCUT2D eigenvalue weighted by Gasteiger charge is 2.02. The largest absolute Gasteiger partial charge is 0.492 e. The summed E-state index contributed by atoms with van der Waals surface area (Å²) in [5, 5.41) is 8.64. The highest BCUT2D eigenvalue weighted by Crippen LogP contribution is 2.22. The van der Waals surface area contributed by atoms with E-state index in [1.54, 1.807) is 4.68 Å². The van der Waals surface area contributed by atoms with E-state index >= 15 is 0 Å². The van der Waals surface area contributed by atoms with Crippen LogP contribution in [0.4, 0.5) is 0 Å². The third-order valence-electron chi connectivity index (χ3n) is 2.78. The van der Waals surface area contributed by atoms with E-state index in [-0.39, 0.29) is 0 Å². The second-order valence-corrected chi connectivity index (χ2v) is 4.54. The van der Waals surface area contributed by atoms with Gasteiger partial charge in [-0.3, -0.25) is 0 Å². The maximum Gasteiger partial charge on any atom is 0.119 e. The molecule has 1 heterocycles. The van der Waals surface area contributed by atoms with E-state index in [2.05, 4.69) is 17.2 Å². The number of rotatable bonds is 6. The molecule has 6 heteroatoms. The topological polar surface area (TPSA) is 66.0 Å². The molecule has 0 saturated carbocycles. The Labute approximate surface area is 117 Å². The number of hydrogen-bond acceptors (Lipinski definition) is 4. The molecule has 0 fully saturated rings. The maximum absolute atomic E-state index is 6.06. The summed E-state index contributed by atoms with van der Waals surface area (Å²) in [6.07, 6.45) is 2.71. The molecule has 2 aromatic rings. The minimum atomic E-state index is 0.401. The van der Waals surface area contributed by atoms with Crippen LogP contribution >= 0.6 is 11.6 Å². The van der Waals surface area contributed by atoms with Crippen LogP contribution in [-0.2, 0) is 19.5 Å². The zero-order chi connectivity index (χ0) is 13.7. The van der Waals surface area contributed by atoms with Gasteiger partial charge in [-0.05, 0) is 30.2 Å². The standard InChI is InChI=1S/C13H17ClN4O/c1-2-10-7-12(3-4-13(10)14)19-6-5-18-9-11(8-15)16-17-18/h3-4,7,9H,2,5-6,8,15H2,1H3. The van der Waals surface area contributed by atoms with Crippen LogP contribution in [0.2, 0.25) is 5.02 Å². The Kier molecular flexibility index (Phi) is 4.76. The van der Waals surface area contributed by atoms with E-state index in [1.807, 2.05) is 24.4 Å². The average molecular weight is 281 g/mol. The molecule has 5 nitrogen and oxygen atoms in total. The van der Waals surface area contributed by atoms with E-state index in [1.165, 1.54) is 0 Å². The first-order valence-corrected chi connectivity index (χ1v) is 6.61. The monoisotopic (exact) mass is 280 g/mol. The van der Waals surface area contributed by atoms with E-state index in [9.17, 15) is 0 Å². The number of aromatic nitrogens is 3. The molecule has 2 rings (SSSR count). The molecule has 0 bridgehead atoms. The lowest BCUT2D eigenvalue weighted by Gasteiger charge is -2.08. The quantitative estimate of drug-likeness (QED) is 0.879. The van der Waals surface area contributed by atoms with E-state index in [0.29, 0.717) is 19.7 Å². The van der Waals surface area contributed by atoms with Crippen molar-refractivity contribution in [1.82, 2.24) is 15.0 Å². The zero-order valence-corrected chi connectivity index (χ0v) is 11.6. The SMILES string of the molecule is CCc1cc(OCCn2cc(CN)nn2)ccc1Cl. The molecule has 0 aliphatic heterocycles. The Hall–Kier alpha value is -1.59. The van der Waals surface area contributed by atoms with Gasteiger partial charge in [-0.1, -0.05) is 23.7 Å². The molecule has 0 atom stereocenters. The Morgan fingerprint density at radius 1 is 1.42 bits per heavy atom. The van der Waals surface area contributed by atoms with Crippen LogP contribution in [-0.4, -0.2) is 21.6 Å². The number of nitrogens with zero attached hydrogens (tertiary/aromatic N) is 3. The van der Waals surface area contributed by atoms with Crippen molar-refractivity contribution in [1.29, 1.82) is 0 Å². The van der Waals surface area contributed by atoms with Gasteiger partial charge >= 0.3 is 0 Å². The minimum absolute atomic E-state index is 0.401. The van der Waals surface area contributed by atoms with Gasteiger partial charge in [0.25, 0.3) is 0 Å². The number of nitrogens with two attached hydrogens (primary N) is 1. The fourth-order valence-electron chi connectivity index (χ4n) is 1.71. The molecule has 102 valence electrons. The van der Waals surface area contributed by atoms with Crippen LogP contribution in [0, 0.1) is 0 Å². The molecular weight excluding hydrogens is 264 g/mol. The van der Waals surface area contributed by atoms with Crippen molar-refractivity contribution in [2.45, 2.75) is 26.4 Å². The highest BCUT2D eigenvalue weighted by atomic mass is 35.5. The number of ether oxygens (including phenoxy) is 1. The second-order valence-electron chi connectivity index (χ2n) is 4.13. The van der Waals surface area contributed by atoms with Crippen molar-refractivity contribution < 1.29 is 4.74 Å². The molecule has 0 saturated heterocycles. The summed E-state index contributed by atoms with van der Waals surface area (Å²) in [5.41, 5.74) is 7.34. The summed E-state index contributed by atoms with van der Waals surface area (Å²) >= 11 is 6.06. The molecule has 0 aliphatic carbocycles. The Morgan fingerprint density at radius 2 is 2.26 bits per heavy atom. The number of aryl methyl sites for hydroxylation is 1. The van der Waals surface area contributed by atoms with Gasteiger partial charge in [0.15, 0.2) is 0 Å². The molecule has 0 radical (unpaired) electrons. The fraction of sp³-hybridized carbons (Fsp3) is 0.385. The van der Waals surface area contributed by atoms with Crippen molar-refractivity contribution in [3.05, 3.63) is 40.7 Å². The predicted molar refractivity (Wildman–Crippen MR) is 74.2 cm³/mol. The Morgan fingerprint density at radius 3 is 2.95 bits per heavy atom. The van der Waals surface area contributed by atoms with E-state index < -0.39 is 0 Å². The van der Waals surface area contributed by atoms with Gasteiger partial charge in [-0.15, -0.1) is 5.10 Å². The lowest BCUT2D eigenvalue weighted by Crippen LogP contribution is -2.09. The highest BCUT2D eigenvalue weighted by molar-refractivity contribution is 6.31. The summed E-state index contributed by atoms with van der Waals surface area (Å²) in [6.45, 7) is 3.63. The number of hydrogen-bond donors (Lipinski definition) is 1. The van der Waals surface area contributed by atoms with Gasteiger partial charge in [-0.25, -0.2) is 4.68 Å². The first-order valence-electron chi connectivity index (χ1n) is 6.23. The van der Waals surface area contributed by atoms with Gasteiger partial charge in [0.2, 0.25) is 0 Å². The zero-order valence-electron chi connectivity index (χ0n) is 10.8. The third kappa shape index (κ3) is 3.68. The summed E-state index contributed by atoms with van der Waals surface area (Å²) in [4.78, 5) is 0. The summed E-state index contributed by atoms with van der Waals surface area (Å²) in [7, 11) is 0. The lowest BCUT2D eigenvalue weighted by atomic mass is 10.1. The smallest absolute Gasteiger partial charge is 0.119 e. The molecule has 1 aromatic carbocycles. The van der Waals surface area contributed by atoms with Crippen LogP contribution in [0.3, 0.4) is 0 Å². The first kappa shape index (κ1) is 13.8. The molecule has 0 unspecified atom stereocenters. The molecular formula is C13H17ClN4O. The van der Waals surface area contributed by atoms with Crippen LogP contribution in [0.1, 0.15) is 18.2 Å². The van der Waals surface area contributed by atoms with Gasteiger partial charge in [0, 0.05) is 17.8 Å². The Bertz CT molecular complexity index is 541. The molecule has 0 spiro atoms. The molecule has 0 aliphatic rings. The molecule has 1 aromatic heterocycles. The molecule has 19 heavy (non-hydrogen) atoms. The van der Waals surface area contributed by atoms with Gasteiger partial charge in [0.1, 0.15) is 12.4 Å². The van der Waals surface area contributed by atoms with Crippen molar-refractivity contribution in [3.8, 4) is 5.75 Å². The van der Waals surface area contributed by atoms with Crippen molar-refractivity contribution in [2.75, 3.05) is 6.61 Å². The van der Waals surface area contributed by atoms with Crippen LogP contribution < -0.4 is 10.5 Å². The van der Waals surface area contributed by atoms with Crippen molar-refractivity contribution >= 4 is 11.6 Å². The van der Waals surface area contributed by atoms with Gasteiger partial charge in [-0.2, -0.15) is 0 Å². The second kappa shape index (κ2) is 6.54. The normalized spacial score (nSPS) is 10.7. The van der Waals surface area contributed by atoms with Crippen LogP contribution in [0.5, 0.6) is 5.75 Å². The third-order valence-corrected chi connectivity index (χ3v) is 3.15. The lowest BCUT2D eigenvalue weighted by molar-refractivity contribution is 0.289. The molecule has 2 N–H and O–H groups in total. The van der Waals surface area contributed by atoms with E-state index in [4.69, 9.17) is 22.1 Å². The summed E-state index contributed by atoms with van der Waals surface area (Å²) < 4.78 is 7.39.